The lowest BCUT2D eigenvalue weighted by molar-refractivity contribution is 0.102. The van der Waals surface area contributed by atoms with Crippen LogP contribution in [0.15, 0.2) is 46.0 Å². The Labute approximate surface area is 122 Å². The number of rotatable bonds is 3. The van der Waals surface area contributed by atoms with Crippen LogP contribution in [0.1, 0.15) is 10.4 Å². The lowest BCUT2D eigenvalue weighted by atomic mass is 10.2. The van der Waals surface area contributed by atoms with Gasteiger partial charge in [0.1, 0.15) is 10.4 Å². The van der Waals surface area contributed by atoms with Crippen molar-refractivity contribution in [3.8, 4) is 0 Å². The summed E-state index contributed by atoms with van der Waals surface area (Å²) in [4.78, 5) is 16.7. The second-order valence-electron chi connectivity index (χ2n) is 3.67. The second kappa shape index (κ2) is 6.16. The molecule has 1 heterocycles. The van der Waals surface area contributed by atoms with Crippen LogP contribution < -0.4 is 5.32 Å². The third kappa shape index (κ3) is 3.54. The lowest BCUT2D eigenvalue weighted by Gasteiger charge is -2.09. The van der Waals surface area contributed by atoms with E-state index >= 15 is 0 Å². The molecule has 1 aromatic carbocycles. The van der Waals surface area contributed by atoms with Crippen molar-refractivity contribution in [3.63, 3.8) is 0 Å². The lowest BCUT2D eigenvalue weighted by Crippen LogP contribution is -2.12. The summed E-state index contributed by atoms with van der Waals surface area (Å²) in [6.07, 6.45) is 3.30. The Kier molecular flexibility index (Phi) is 4.55. The molecular formula is C13H10BrFN2OS. The third-order valence-corrected chi connectivity index (χ3v) is 3.65. The maximum Gasteiger partial charge on any atom is 0.257 e. The Morgan fingerprint density at radius 3 is 2.79 bits per heavy atom. The molecule has 0 fully saturated rings. The molecule has 1 amide bonds. The SMILES string of the molecule is CSc1cc(F)ccc1NC(=O)c1ccc(Br)nc1. The van der Waals surface area contributed by atoms with Crippen molar-refractivity contribution in [2.75, 3.05) is 11.6 Å². The van der Waals surface area contributed by atoms with Gasteiger partial charge in [-0.1, -0.05) is 0 Å². The monoisotopic (exact) mass is 340 g/mol. The molecule has 0 aliphatic carbocycles. The molecule has 0 bridgehead atoms. The van der Waals surface area contributed by atoms with Crippen LogP contribution in [0.2, 0.25) is 0 Å². The average Bonchev–Trinajstić information content (AvgIpc) is 2.41. The van der Waals surface area contributed by atoms with Crippen LogP contribution in [-0.2, 0) is 0 Å². The van der Waals surface area contributed by atoms with E-state index in [0.717, 1.165) is 0 Å². The molecule has 0 unspecified atom stereocenters. The number of anilines is 1. The number of hydrogen-bond acceptors (Lipinski definition) is 3. The van der Waals surface area contributed by atoms with E-state index in [0.29, 0.717) is 20.7 Å². The van der Waals surface area contributed by atoms with Gasteiger partial charge in [0.15, 0.2) is 0 Å². The standard InChI is InChI=1S/C13H10BrFN2OS/c1-19-11-6-9(15)3-4-10(11)17-13(18)8-2-5-12(14)16-7-8/h2-7H,1H3,(H,17,18). The summed E-state index contributed by atoms with van der Waals surface area (Å²) in [5, 5.41) is 2.74. The highest BCUT2D eigenvalue weighted by Crippen LogP contribution is 2.26. The van der Waals surface area contributed by atoms with E-state index in [2.05, 4.69) is 26.2 Å². The van der Waals surface area contributed by atoms with E-state index in [4.69, 9.17) is 0 Å². The fourth-order valence-corrected chi connectivity index (χ4v) is 2.28. The van der Waals surface area contributed by atoms with Crippen molar-refractivity contribution < 1.29 is 9.18 Å². The molecule has 0 aliphatic heterocycles. The van der Waals surface area contributed by atoms with Gasteiger partial charge >= 0.3 is 0 Å². The predicted molar refractivity (Wildman–Crippen MR) is 78.1 cm³/mol. The van der Waals surface area contributed by atoms with Crippen molar-refractivity contribution in [2.45, 2.75) is 4.90 Å². The zero-order valence-electron chi connectivity index (χ0n) is 9.98. The van der Waals surface area contributed by atoms with Gasteiger partial charge in [0.2, 0.25) is 0 Å². The minimum atomic E-state index is -0.326. The van der Waals surface area contributed by atoms with E-state index in [9.17, 15) is 9.18 Å². The Morgan fingerprint density at radius 2 is 2.16 bits per heavy atom. The topological polar surface area (TPSA) is 42.0 Å². The highest BCUT2D eigenvalue weighted by Gasteiger charge is 2.10. The van der Waals surface area contributed by atoms with E-state index < -0.39 is 0 Å². The minimum absolute atomic E-state index is 0.276. The van der Waals surface area contributed by atoms with Crippen LogP contribution in [0, 0.1) is 5.82 Å². The molecule has 98 valence electrons. The van der Waals surface area contributed by atoms with Crippen molar-refractivity contribution in [1.29, 1.82) is 0 Å². The number of benzene rings is 1. The second-order valence-corrected chi connectivity index (χ2v) is 5.33. The third-order valence-electron chi connectivity index (χ3n) is 2.40. The number of halogens is 2. The van der Waals surface area contributed by atoms with E-state index in [1.807, 2.05) is 6.26 Å². The summed E-state index contributed by atoms with van der Waals surface area (Å²) in [6.45, 7) is 0. The Balaban J connectivity index is 2.21. The number of pyridine rings is 1. The molecule has 3 nitrogen and oxygen atoms in total. The van der Waals surface area contributed by atoms with Crippen LogP contribution in [0.25, 0.3) is 0 Å². The molecule has 2 aromatic rings. The van der Waals surface area contributed by atoms with Gasteiger partial charge in [-0.25, -0.2) is 9.37 Å². The normalized spacial score (nSPS) is 10.3. The summed E-state index contributed by atoms with van der Waals surface area (Å²) in [6, 6.07) is 7.60. The fourth-order valence-electron chi connectivity index (χ4n) is 1.47. The van der Waals surface area contributed by atoms with Crippen molar-refractivity contribution >= 4 is 39.3 Å². The number of hydrogen-bond donors (Lipinski definition) is 1. The molecule has 0 aliphatic rings. The number of nitrogens with one attached hydrogen (secondary N) is 1. The highest BCUT2D eigenvalue weighted by atomic mass is 79.9. The first-order chi connectivity index (χ1) is 9.10. The Morgan fingerprint density at radius 1 is 1.37 bits per heavy atom. The Bertz CT molecular complexity index is 604. The molecule has 0 saturated carbocycles. The summed E-state index contributed by atoms with van der Waals surface area (Å²) in [5.41, 5.74) is 1.03. The van der Waals surface area contributed by atoms with Crippen molar-refractivity contribution in [3.05, 3.63) is 52.5 Å². The van der Waals surface area contributed by atoms with Crippen LogP contribution in [0.5, 0.6) is 0 Å². The van der Waals surface area contributed by atoms with Gasteiger partial charge in [0, 0.05) is 11.1 Å². The molecule has 6 heteroatoms. The quantitative estimate of drug-likeness (QED) is 0.679. The van der Waals surface area contributed by atoms with Gasteiger partial charge in [0.25, 0.3) is 5.91 Å². The molecule has 1 aromatic heterocycles. The average molecular weight is 341 g/mol. The molecule has 0 spiro atoms. The smallest absolute Gasteiger partial charge is 0.257 e. The summed E-state index contributed by atoms with van der Waals surface area (Å²) < 4.78 is 13.8. The van der Waals surface area contributed by atoms with Gasteiger partial charge in [-0.05, 0) is 52.5 Å². The maximum absolute atomic E-state index is 13.1. The van der Waals surface area contributed by atoms with E-state index in [1.165, 1.54) is 30.1 Å². The van der Waals surface area contributed by atoms with E-state index in [1.54, 1.807) is 18.2 Å². The minimum Gasteiger partial charge on any atom is -0.321 e. The van der Waals surface area contributed by atoms with Gasteiger partial charge < -0.3 is 5.32 Å². The van der Waals surface area contributed by atoms with Crippen LogP contribution in [0.4, 0.5) is 10.1 Å². The first kappa shape index (κ1) is 14.0. The molecular weight excluding hydrogens is 331 g/mol. The number of aromatic nitrogens is 1. The number of thioether (sulfide) groups is 1. The number of amides is 1. The molecule has 0 atom stereocenters. The van der Waals surface area contributed by atoms with Crippen LogP contribution >= 0.6 is 27.7 Å². The summed E-state index contributed by atoms with van der Waals surface area (Å²) in [5.74, 6) is -0.602. The van der Waals surface area contributed by atoms with Gasteiger partial charge in [-0.15, -0.1) is 11.8 Å². The molecule has 0 radical (unpaired) electrons. The van der Waals surface area contributed by atoms with Crippen LogP contribution in [0.3, 0.4) is 0 Å². The molecule has 2 rings (SSSR count). The first-order valence-corrected chi connectivity index (χ1v) is 7.38. The van der Waals surface area contributed by atoms with Crippen LogP contribution in [-0.4, -0.2) is 17.1 Å². The maximum atomic E-state index is 13.1. The summed E-state index contributed by atoms with van der Waals surface area (Å²) >= 11 is 4.58. The largest absolute Gasteiger partial charge is 0.321 e. The number of carbonyl (C=O) groups is 1. The Hall–Kier alpha value is -1.40. The number of carbonyl (C=O) groups excluding carboxylic acids is 1. The highest BCUT2D eigenvalue weighted by molar-refractivity contribution is 9.10. The van der Waals surface area contributed by atoms with Gasteiger partial charge in [0.05, 0.1) is 11.3 Å². The van der Waals surface area contributed by atoms with Crippen molar-refractivity contribution in [1.82, 2.24) is 4.98 Å². The van der Waals surface area contributed by atoms with Gasteiger partial charge in [-0.3, -0.25) is 4.79 Å². The number of nitrogens with zero attached hydrogens (tertiary/aromatic N) is 1. The van der Waals surface area contributed by atoms with E-state index in [-0.39, 0.29) is 11.7 Å². The zero-order valence-corrected chi connectivity index (χ0v) is 12.4. The predicted octanol–water partition coefficient (Wildman–Crippen LogP) is 3.96. The first-order valence-electron chi connectivity index (χ1n) is 5.36. The molecule has 19 heavy (non-hydrogen) atoms. The summed E-state index contributed by atoms with van der Waals surface area (Å²) in [7, 11) is 0. The fraction of sp³-hybridized carbons (Fsp3) is 0.0769. The molecule has 1 N–H and O–H groups in total. The van der Waals surface area contributed by atoms with Crippen molar-refractivity contribution in [2.24, 2.45) is 0 Å². The van der Waals surface area contributed by atoms with Gasteiger partial charge in [-0.2, -0.15) is 0 Å². The molecule has 0 saturated heterocycles. The zero-order chi connectivity index (χ0) is 13.8.